The maximum atomic E-state index is 13.0. The van der Waals surface area contributed by atoms with Crippen molar-refractivity contribution in [1.82, 2.24) is 25.8 Å². The molecule has 1 saturated carbocycles. The van der Waals surface area contributed by atoms with E-state index in [1.807, 2.05) is 6.92 Å². The summed E-state index contributed by atoms with van der Waals surface area (Å²) in [6.07, 6.45) is -0.478. The van der Waals surface area contributed by atoms with Crippen LogP contribution in [0.1, 0.15) is 38.4 Å². The van der Waals surface area contributed by atoms with Gasteiger partial charge in [0.1, 0.15) is 5.82 Å². The number of nitrogens with one attached hydrogen (secondary N) is 3. The van der Waals surface area contributed by atoms with Gasteiger partial charge >= 0.3 is 6.18 Å². The fourth-order valence-electron chi connectivity index (χ4n) is 3.33. The van der Waals surface area contributed by atoms with E-state index in [-0.39, 0.29) is 18.9 Å². The van der Waals surface area contributed by atoms with Crippen molar-refractivity contribution in [2.45, 2.75) is 51.2 Å². The summed E-state index contributed by atoms with van der Waals surface area (Å²) in [6, 6.07) is 3.31. The van der Waals surface area contributed by atoms with Crippen molar-refractivity contribution in [3.63, 3.8) is 0 Å². The van der Waals surface area contributed by atoms with E-state index in [9.17, 15) is 13.2 Å². The second-order valence-electron chi connectivity index (χ2n) is 6.84. The van der Waals surface area contributed by atoms with E-state index in [4.69, 9.17) is 4.42 Å². The van der Waals surface area contributed by atoms with Crippen LogP contribution < -0.4 is 10.6 Å². The summed E-state index contributed by atoms with van der Waals surface area (Å²) in [4.78, 5) is 8.82. The van der Waals surface area contributed by atoms with Crippen molar-refractivity contribution >= 4 is 5.96 Å². The maximum absolute atomic E-state index is 13.0. The average Bonchev–Trinajstić information content (AvgIpc) is 3.33. The molecule has 3 N–H and O–H groups in total. The maximum Gasteiger partial charge on any atom is 0.391 e. The van der Waals surface area contributed by atoms with Gasteiger partial charge in [-0.05, 0) is 38.3 Å². The lowest BCUT2D eigenvalue weighted by Crippen LogP contribution is -2.46. The third kappa shape index (κ3) is 5.49. The van der Waals surface area contributed by atoms with Crippen LogP contribution in [-0.2, 0) is 6.42 Å². The smallest absolute Gasteiger partial charge is 0.391 e. The number of aromatic nitrogens is 3. The van der Waals surface area contributed by atoms with Crippen LogP contribution in [0.4, 0.5) is 13.2 Å². The summed E-state index contributed by atoms with van der Waals surface area (Å²) in [5.74, 6) is 1.02. The molecule has 0 amide bonds. The van der Waals surface area contributed by atoms with Crippen LogP contribution in [0.15, 0.2) is 27.8 Å². The number of hydrogen-bond donors (Lipinski definition) is 3. The lowest BCUT2D eigenvalue weighted by molar-refractivity contribution is -0.183. The predicted molar refractivity (Wildman–Crippen MR) is 98.7 cm³/mol. The van der Waals surface area contributed by atoms with Crippen LogP contribution in [0.5, 0.6) is 0 Å². The van der Waals surface area contributed by atoms with E-state index in [2.05, 4.69) is 30.8 Å². The van der Waals surface area contributed by atoms with Crippen molar-refractivity contribution in [2.75, 3.05) is 13.1 Å². The second kappa shape index (κ2) is 9.11. The molecule has 154 valence electrons. The number of aromatic amines is 1. The van der Waals surface area contributed by atoms with Gasteiger partial charge in [0.15, 0.2) is 11.7 Å². The van der Waals surface area contributed by atoms with Crippen LogP contribution in [-0.4, -0.2) is 46.4 Å². The number of hydrogen-bond acceptors (Lipinski definition) is 4. The van der Waals surface area contributed by atoms with Crippen molar-refractivity contribution in [3.05, 3.63) is 24.2 Å². The fourth-order valence-corrected chi connectivity index (χ4v) is 3.33. The van der Waals surface area contributed by atoms with Gasteiger partial charge in [0.2, 0.25) is 5.82 Å². The highest BCUT2D eigenvalue weighted by atomic mass is 19.4. The van der Waals surface area contributed by atoms with Crippen LogP contribution in [0, 0.1) is 5.92 Å². The number of furan rings is 1. The Morgan fingerprint density at radius 3 is 2.96 bits per heavy atom. The minimum atomic E-state index is -4.13. The molecule has 2 aromatic heterocycles. The molecule has 2 heterocycles. The van der Waals surface area contributed by atoms with Crippen molar-refractivity contribution in [3.8, 4) is 11.6 Å². The second-order valence-corrected chi connectivity index (χ2v) is 6.84. The van der Waals surface area contributed by atoms with Crippen LogP contribution >= 0.6 is 0 Å². The van der Waals surface area contributed by atoms with Crippen molar-refractivity contribution in [2.24, 2.45) is 10.9 Å². The summed E-state index contributed by atoms with van der Waals surface area (Å²) < 4.78 is 44.2. The van der Waals surface area contributed by atoms with E-state index in [0.29, 0.717) is 55.7 Å². The molecule has 0 bridgehead atoms. The summed E-state index contributed by atoms with van der Waals surface area (Å²) in [5, 5.41) is 13.2. The van der Waals surface area contributed by atoms with Gasteiger partial charge < -0.3 is 15.1 Å². The molecular formula is C18H25F3N6O. The molecule has 28 heavy (non-hydrogen) atoms. The van der Waals surface area contributed by atoms with Gasteiger partial charge in [0.25, 0.3) is 0 Å². The predicted octanol–water partition coefficient (Wildman–Crippen LogP) is 3.28. The average molecular weight is 398 g/mol. The molecule has 7 nitrogen and oxygen atoms in total. The Kier molecular flexibility index (Phi) is 6.58. The zero-order chi connectivity index (χ0) is 20.0. The van der Waals surface area contributed by atoms with E-state index in [1.54, 1.807) is 18.4 Å². The Balaban J connectivity index is 1.54. The lowest BCUT2D eigenvalue weighted by atomic mass is 9.85. The van der Waals surface area contributed by atoms with Gasteiger partial charge in [-0.1, -0.05) is 6.42 Å². The largest absolute Gasteiger partial charge is 0.461 e. The lowest BCUT2D eigenvalue weighted by Gasteiger charge is -2.31. The number of nitrogens with zero attached hydrogens (tertiary/aromatic N) is 3. The summed E-state index contributed by atoms with van der Waals surface area (Å²) in [5.41, 5.74) is 0. The molecule has 10 heteroatoms. The molecule has 1 fully saturated rings. The first-order valence-corrected chi connectivity index (χ1v) is 9.52. The Morgan fingerprint density at radius 1 is 1.39 bits per heavy atom. The molecule has 0 spiro atoms. The van der Waals surface area contributed by atoms with Gasteiger partial charge in [-0.25, -0.2) is 4.98 Å². The van der Waals surface area contributed by atoms with Crippen molar-refractivity contribution in [1.29, 1.82) is 0 Å². The van der Waals surface area contributed by atoms with Crippen LogP contribution in [0.2, 0.25) is 0 Å². The number of guanidine groups is 1. The van der Waals surface area contributed by atoms with Gasteiger partial charge in [-0.15, -0.1) is 0 Å². The third-order valence-corrected chi connectivity index (χ3v) is 4.71. The molecule has 0 saturated heterocycles. The summed E-state index contributed by atoms with van der Waals surface area (Å²) in [7, 11) is 0. The van der Waals surface area contributed by atoms with Crippen molar-refractivity contribution < 1.29 is 17.6 Å². The monoisotopic (exact) mass is 398 g/mol. The number of alkyl halides is 3. The first-order valence-electron chi connectivity index (χ1n) is 9.52. The number of aliphatic imine (C=N–C) groups is 1. The fraction of sp³-hybridized carbons (Fsp3) is 0.611. The molecular weight excluding hydrogens is 373 g/mol. The SMILES string of the molecule is CCNC(=NCCc1nc(-c2ccco2)n[nH]1)NC1CCCC(C(F)(F)F)C1. The molecule has 0 aliphatic heterocycles. The Hall–Kier alpha value is -2.52. The summed E-state index contributed by atoms with van der Waals surface area (Å²) in [6.45, 7) is 2.98. The first kappa shape index (κ1) is 20.2. The highest BCUT2D eigenvalue weighted by Gasteiger charge is 2.42. The summed E-state index contributed by atoms with van der Waals surface area (Å²) >= 11 is 0. The number of rotatable bonds is 6. The molecule has 2 unspecified atom stereocenters. The standard InChI is InChI=1S/C18H25F3N6O/c1-2-22-17(24-13-6-3-5-12(11-13)18(19,20)21)23-9-8-15-25-16(27-26-15)14-7-4-10-28-14/h4,7,10,12-13H,2-3,5-6,8-9,11H2,1H3,(H2,22,23,24)(H,25,26,27). The molecule has 0 aromatic carbocycles. The van der Waals surface area contributed by atoms with Gasteiger partial charge in [-0.3, -0.25) is 10.1 Å². The molecule has 1 aliphatic carbocycles. The van der Waals surface area contributed by atoms with Crippen LogP contribution in [0.3, 0.4) is 0 Å². The normalized spacial score (nSPS) is 20.9. The molecule has 2 aromatic rings. The van der Waals surface area contributed by atoms with Gasteiger partial charge in [0.05, 0.1) is 12.2 Å². The minimum Gasteiger partial charge on any atom is -0.461 e. The van der Waals surface area contributed by atoms with E-state index >= 15 is 0 Å². The van der Waals surface area contributed by atoms with Gasteiger partial charge in [-0.2, -0.15) is 18.3 Å². The first-order chi connectivity index (χ1) is 13.5. The molecule has 1 aliphatic rings. The van der Waals surface area contributed by atoms with Gasteiger partial charge in [0, 0.05) is 25.6 Å². The molecule has 2 atom stereocenters. The molecule has 3 rings (SSSR count). The third-order valence-electron chi connectivity index (χ3n) is 4.71. The zero-order valence-corrected chi connectivity index (χ0v) is 15.7. The van der Waals surface area contributed by atoms with Crippen LogP contribution in [0.25, 0.3) is 11.6 Å². The zero-order valence-electron chi connectivity index (χ0n) is 15.7. The quantitative estimate of drug-likeness (QED) is 0.513. The minimum absolute atomic E-state index is 0.0858. The van der Waals surface area contributed by atoms with E-state index in [1.165, 1.54) is 0 Å². The van der Waals surface area contributed by atoms with E-state index < -0.39 is 12.1 Å². The highest BCUT2D eigenvalue weighted by Crippen LogP contribution is 2.37. The highest BCUT2D eigenvalue weighted by molar-refractivity contribution is 5.80. The Labute approximate surface area is 161 Å². The molecule has 0 radical (unpaired) electrons. The number of H-pyrrole nitrogens is 1. The Bertz CT molecular complexity index is 756. The topological polar surface area (TPSA) is 91.1 Å². The van der Waals surface area contributed by atoms with E-state index in [0.717, 1.165) is 0 Å². The number of halogens is 3. The Morgan fingerprint density at radius 2 is 2.25 bits per heavy atom.